The summed E-state index contributed by atoms with van der Waals surface area (Å²) in [5, 5.41) is 12.8. The average molecular weight is 279 g/mol. The Morgan fingerprint density at radius 2 is 1.95 bits per heavy atom. The summed E-state index contributed by atoms with van der Waals surface area (Å²) < 4.78 is 4.81. The topological polar surface area (TPSA) is 75.6 Å². The van der Waals surface area contributed by atoms with Gasteiger partial charge in [-0.25, -0.2) is 0 Å². The maximum Gasteiger partial charge on any atom is 0.308 e. The van der Waals surface area contributed by atoms with E-state index in [-0.39, 0.29) is 18.9 Å². The molecule has 1 rings (SSSR count). The highest BCUT2D eigenvalue weighted by Crippen LogP contribution is 2.09. The molecule has 110 valence electrons. The van der Waals surface area contributed by atoms with Gasteiger partial charge in [0.2, 0.25) is 5.91 Å². The van der Waals surface area contributed by atoms with Crippen molar-refractivity contribution >= 4 is 11.9 Å². The lowest BCUT2D eigenvalue weighted by Crippen LogP contribution is -2.45. The summed E-state index contributed by atoms with van der Waals surface area (Å²) in [6, 6.07) is 8.97. The molecule has 1 amide bonds. The van der Waals surface area contributed by atoms with E-state index >= 15 is 0 Å². The van der Waals surface area contributed by atoms with Gasteiger partial charge in [0, 0.05) is 6.92 Å². The van der Waals surface area contributed by atoms with Crippen LogP contribution in [0, 0.1) is 0 Å². The van der Waals surface area contributed by atoms with E-state index in [1.807, 2.05) is 30.3 Å². The standard InChI is InChI=1S/C15H21NO4/c1-3-20-15(19)10-14(18)13(16-11(2)17)9-12-7-5-4-6-8-12/h4-8,13-14,18H,3,9-10H2,1-2H3,(H,16,17)/t13-,14-/m1/s1. The summed E-state index contributed by atoms with van der Waals surface area (Å²) >= 11 is 0. The molecule has 0 spiro atoms. The van der Waals surface area contributed by atoms with Crippen LogP contribution in [0.5, 0.6) is 0 Å². The summed E-state index contributed by atoms with van der Waals surface area (Å²) in [6.45, 7) is 3.36. The van der Waals surface area contributed by atoms with Crippen molar-refractivity contribution in [1.82, 2.24) is 5.32 Å². The molecule has 0 aliphatic rings. The molecule has 0 bridgehead atoms. The van der Waals surface area contributed by atoms with Gasteiger partial charge in [0.15, 0.2) is 0 Å². The number of hydrogen-bond acceptors (Lipinski definition) is 4. The normalized spacial score (nSPS) is 13.3. The molecule has 2 atom stereocenters. The molecule has 0 unspecified atom stereocenters. The quantitative estimate of drug-likeness (QED) is 0.731. The third-order valence-corrected chi connectivity index (χ3v) is 2.83. The van der Waals surface area contributed by atoms with Crippen LogP contribution in [-0.2, 0) is 20.7 Å². The van der Waals surface area contributed by atoms with E-state index in [2.05, 4.69) is 5.32 Å². The number of amides is 1. The van der Waals surface area contributed by atoms with Crippen LogP contribution in [0.4, 0.5) is 0 Å². The summed E-state index contributed by atoms with van der Waals surface area (Å²) in [5.74, 6) is -0.711. The highest BCUT2D eigenvalue weighted by Gasteiger charge is 2.23. The van der Waals surface area contributed by atoms with Gasteiger partial charge in [-0.05, 0) is 18.9 Å². The molecule has 0 aliphatic carbocycles. The Kier molecular flexibility index (Phi) is 6.73. The molecule has 5 nitrogen and oxygen atoms in total. The van der Waals surface area contributed by atoms with Crippen LogP contribution in [0.1, 0.15) is 25.8 Å². The lowest BCUT2D eigenvalue weighted by atomic mass is 9.99. The third-order valence-electron chi connectivity index (χ3n) is 2.83. The Morgan fingerprint density at radius 3 is 2.50 bits per heavy atom. The van der Waals surface area contributed by atoms with Crippen LogP contribution in [-0.4, -0.2) is 35.7 Å². The van der Waals surface area contributed by atoms with E-state index in [0.29, 0.717) is 6.42 Å². The molecule has 0 saturated heterocycles. The Morgan fingerprint density at radius 1 is 1.30 bits per heavy atom. The molecular formula is C15H21NO4. The van der Waals surface area contributed by atoms with Crippen LogP contribution < -0.4 is 5.32 Å². The van der Waals surface area contributed by atoms with Gasteiger partial charge >= 0.3 is 5.97 Å². The van der Waals surface area contributed by atoms with Crippen LogP contribution in [0.2, 0.25) is 0 Å². The molecule has 0 saturated carbocycles. The monoisotopic (exact) mass is 279 g/mol. The fraction of sp³-hybridized carbons (Fsp3) is 0.467. The first-order valence-electron chi connectivity index (χ1n) is 6.67. The molecule has 5 heteroatoms. The van der Waals surface area contributed by atoms with Crippen molar-refractivity contribution < 1.29 is 19.4 Å². The van der Waals surface area contributed by atoms with Gasteiger partial charge in [0.05, 0.1) is 25.2 Å². The second-order valence-corrected chi connectivity index (χ2v) is 4.57. The summed E-state index contributed by atoms with van der Waals surface area (Å²) in [6.07, 6.45) is -0.648. The van der Waals surface area contributed by atoms with Gasteiger partial charge in [-0.15, -0.1) is 0 Å². The average Bonchev–Trinajstić information content (AvgIpc) is 2.38. The Labute approximate surface area is 118 Å². The van der Waals surface area contributed by atoms with Crippen molar-refractivity contribution in [3.8, 4) is 0 Å². The van der Waals surface area contributed by atoms with E-state index in [4.69, 9.17) is 4.74 Å². The van der Waals surface area contributed by atoms with Crippen LogP contribution in [0.15, 0.2) is 30.3 Å². The Hall–Kier alpha value is -1.88. The number of aliphatic hydroxyl groups is 1. The van der Waals surface area contributed by atoms with Crippen molar-refractivity contribution in [3.05, 3.63) is 35.9 Å². The molecule has 0 aromatic heterocycles. The SMILES string of the molecule is CCOC(=O)C[C@@H](O)[C@@H](Cc1ccccc1)NC(C)=O. The largest absolute Gasteiger partial charge is 0.466 e. The zero-order chi connectivity index (χ0) is 15.0. The van der Waals surface area contributed by atoms with E-state index in [0.717, 1.165) is 5.56 Å². The third kappa shape index (κ3) is 5.84. The van der Waals surface area contributed by atoms with Gasteiger partial charge in [0.1, 0.15) is 0 Å². The van der Waals surface area contributed by atoms with Crippen LogP contribution >= 0.6 is 0 Å². The molecule has 1 aromatic rings. The number of rotatable bonds is 7. The van der Waals surface area contributed by atoms with E-state index in [9.17, 15) is 14.7 Å². The second-order valence-electron chi connectivity index (χ2n) is 4.57. The zero-order valence-electron chi connectivity index (χ0n) is 11.8. The lowest BCUT2D eigenvalue weighted by Gasteiger charge is -2.23. The number of aliphatic hydroxyl groups excluding tert-OH is 1. The zero-order valence-corrected chi connectivity index (χ0v) is 11.8. The molecule has 20 heavy (non-hydrogen) atoms. The highest BCUT2D eigenvalue weighted by atomic mass is 16.5. The van der Waals surface area contributed by atoms with Gasteiger partial charge < -0.3 is 15.2 Å². The second kappa shape index (κ2) is 8.32. The fourth-order valence-electron chi connectivity index (χ4n) is 1.95. The summed E-state index contributed by atoms with van der Waals surface area (Å²) in [4.78, 5) is 22.6. The van der Waals surface area contributed by atoms with Gasteiger partial charge in [-0.2, -0.15) is 0 Å². The minimum absolute atomic E-state index is 0.133. The number of esters is 1. The maximum absolute atomic E-state index is 11.4. The van der Waals surface area contributed by atoms with Crippen molar-refractivity contribution in [1.29, 1.82) is 0 Å². The van der Waals surface area contributed by atoms with E-state index in [1.165, 1.54) is 6.92 Å². The first kappa shape index (κ1) is 16.2. The number of nitrogens with one attached hydrogen (secondary N) is 1. The summed E-state index contributed by atoms with van der Waals surface area (Å²) in [5.41, 5.74) is 0.981. The van der Waals surface area contributed by atoms with Gasteiger partial charge in [0.25, 0.3) is 0 Å². The molecule has 0 aliphatic heterocycles. The number of hydrogen-bond donors (Lipinski definition) is 2. The first-order chi connectivity index (χ1) is 9.52. The number of carbonyl (C=O) groups is 2. The predicted molar refractivity (Wildman–Crippen MR) is 75.0 cm³/mol. The van der Waals surface area contributed by atoms with Gasteiger partial charge in [-0.1, -0.05) is 30.3 Å². The Balaban J connectivity index is 2.68. The Bertz CT molecular complexity index is 433. The van der Waals surface area contributed by atoms with Crippen molar-refractivity contribution in [2.45, 2.75) is 38.8 Å². The number of carbonyl (C=O) groups excluding carboxylic acids is 2. The lowest BCUT2D eigenvalue weighted by molar-refractivity contribution is -0.146. The van der Waals surface area contributed by atoms with E-state index in [1.54, 1.807) is 6.92 Å². The van der Waals surface area contributed by atoms with Crippen molar-refractivity contribution in [2.24, 2.45) is 0 Å². The smallest absolute Gasteiger partial charge is 0.308 e. The number of benzene rings is 1. The maximum atomic E-state index is 11.4. The molecule has 1 aromatic carbocycles. The highest BCUT2D eigenvalue weighted by molar-refractivity contribution is 5.74. The molecule has 0 radical (unpaired) electrons. The number of ether oxygens (including phenoxy) is 1. The minimum atomic E-state index is -0.974. The van der Waals surface area contributed by atoms with Crippen LogP contribution in [0.3, 0.4) is 0 Å². The molecule has 0 fully saturated rings. The van der Waals surface area contributed by atoms with Gasteiger partial charge in [-0.3, -0.25) is 9.59 Å². The molecular weight excluding hydrogens is 258 g/mol. The van der Waals surface area contributed by atoms with E-state index < -0.39 is 18.1 Å². The van der Waals surface area contributed by atoms with Crippen LogP contribution in [0.25, 0.3) is 0 Å². The fourth-order valence-corrected chi connectivity index (χ4v) is 1.95. The minimum Gasteiger partial charge on any atom is -0.466 e. The van der Waals surface area contributed by atoms with Crippen molar-refractivity contribution in [3.63, 3.8) is 0 Å². The predicted octanol–water partition coefficient (Wildman–Crippen LogP) is 1.05. The van der Waals surface area contributed by atoms with Crippen molar-refractivity contribution in [2.75, 3.05) is 6.61 Å². The molecule has 0 heterocycles. The molecule has 2 N–H and O–H groups in total. The summed E-state index contributed by atoms with van der Waals surface area (Å²) in [7, 11) is 0. The first-order valence-corrected chi connectivity index (χ1v) is 6.67.